The highest BCUT2D eigenvalue weighted by Gasteiger charge is 2.12. The second-order valence-corrected chi connectivity index (χ2v) is 5.40. The molecule has 0 saturated carbocycles. The molecule has 0 bridgehead atoms. The second-order valence-electron chi connectivity index (χ2n) is 4.14. The van der Waals surface area contributed by atoms with Crippen LogP contribution in [0.3, 0.4) is 0 Å². The third kappa shape index (κ3) is 2.99. The van der Waals surface area contributed by atoms with Gasteiger partial charge in [0.15, 0.2) is 5.78 Å². The number of hydrogen-bond acceptors (Lipinski definition) is 2. The van der Waals surface area contributed by atoms with Crippen molar-refractivity contribution in [1.29, 1.82) is 0 Å². The van der Waals surface area contributed by atoms with Gasteiger partial charge in [0.1, 0.15) is 5.75 Å². The van der Waals surface area contributed by atoms with Crippen molar-refractivity contribution in [3.8, 4) is 5.75 Å². The minimum atomic E-state index is -0.0646. The van der Waals surface area contributed by atoms with Crippen molar-refractivity contribution in [2.75, 3.05) is 7.11 Å². The monoisotopic (exact) mass is 338 g/mol. The Morgan fingerprint density at radius 2 is 1.79 bits per heavy atom. The van der Waals surface area contributed by atoms with Crippen molar-refractivity contribution in [3.63, 3.8) is 0 Å². The SMILES string of the molecule is COc1ccc(C(=O)c2ccc(C)c(Cl)c2)cc1Br. The van der Waals surface area contributed by atoms with E-state index in [1.54, 1.807) is 37.4 Å². The van der Waals surface area contributed by atoms with Crippen LogP contribution in [0.1, 0.15) is 21.5 Å². The zero-order valence-corrected chi connectivity index (χ0v) is 12.9. The zero-order valence-electron chi connectivity index (χ0n) is 10.5. The minimum Gasteiger partial charge on any atom is -0.496 e. The van der Waals surface area contributed by atoms with E-state index in [1.807, 2.05) is 13.0 Å². The van der Waals surface area contributed by atoms with Crippen LogP contribution in [0.4, 0.5) is 0 Å². The Bertz CT molecular complexity index is 638. The van der Waals surface area contributed by atoms with Gasteiger partial charge in [-0.1, -0.05) is 23.7 Å². The largest absolute Gasteiger partial charge is 0.496 e. The molecule has 0 amide bonds. The lowest BCUT2D eigenvalue weighted by Crippen LogP contribution is -2.02. The van der Waals surface area contributed by atoms with Gasteiger partial charge < -0.3 is 4.74 Å². The second kappa shape index (κ2) is 5.76. The summed E-state index contributed by atoms with van der Waals surface area (Å²) in [6, 6.07) is 10.6. The van der Waals surface area contributed by atoms with Crippen LogP contribution in [0, 0.1) is 6.92 Å². The Kier molecular flexibility index (Phi) is 4.27. The van der Waals surface area contributed by atoms with Gasteiger partial charge >= 0.3 is 0 Å². The normalized spacial score (nSPS) is 10.3. The van der Waals surface area contributed by atoms with E-state index in [0.717, 1.165) is 10.0 Å². The maximum Gasteiger partial charge on any atom is 0.193 e. The maximum atomic E-state index is 12.3. The van der Waals surface area contributed by atoms with E-state index < -0.39 is 0 Å². The van der Waals surface area contributed by atoms with Crippen LogP contribution in [-0.2, 0) is 0 Å². The Morgan fingerprint density at radius 1 is 1.16 bits per heavy atom. The van der Waals surface area contributed by atoms with Gasteiger partial charge in [-0.3, -0.25) is 4.79 Å². The molecule has 0 aliphatic carbocycles. The number of ether oxygens (including phenoxy) is 1. The predicted molar refractivity (Wildman–Crippen MR) is 80.3 cm³/mol. The fourth-order valence-electron chi connectivity index (χ4n) is 1.71. The third-order valence-electron chi connectivity index (χ3n) is 2.85. The lowest BCUT2D eigenvalue weighted by molar-refractivity contribution is 0.103. The standard InChI is InChI=1S/C15H12BrClO2/c1-9-3-4-11(8-13(9)17)15(18)10-5-6-14(19-2)12(16)7-10/h3-8H,1-2H3. The number of halogens is 2. The molecule has 0 saturated heterocycles. The maximum absolute atomic E-state index is 12.3. The summed E-state index contributed by atoms with van der Waals surface area (Å²) in [7, 11) is 1.58. The van der Waals surface area contributed by atoms with Crippen LogP contribution in [0.15, 0.2) is 40.9 Å². The van der Waals surface area contributed by atoms with Crippen molar-refractivity contribution < 1.29 is 9.53 Å². The lowest BCUT2D eigenvalue weighted by Gasteiger charge is -2.07. The summed E-state index contributed by atoms with van der Waals surface area (Å²) >= 11 is 9.41. The van der Waals surface area contributed by atoms with Crippen LogP contribution in [0.2, 0.25) is 5.02 Å². The molecular weight excluding hydrogens is 328 g/mol. The van der Waals surface area contributed by atoms with Crippen molar-refractivity contribution in [3.05, 3.63) is 62.6 Å². The number of hydrogen-bond donors (Lipinski definition) is 0. The molecule has 0 aliphatic heterocycles. The summed E-state index contributed by atoms with van der Waals surface area (Å²) in [5.74, 6) is 0.628. The number of carbonyl (C=O) groups is 1. The molecule has 19 heavy (non-hydrogen) atoms. The summed E-state index contributed by atoms with van der Waals surface area (Å²) in [4.78, 5) is 12.3. The summed E-state index contributed by atoms with van der Waals surface area (Å²) in [5, 5.41) is 0.596. The Labute approximate surface area is 125 Å². The quantitative estimate of drug-likeness (QED) is 0.761. The van der Waals surface area contributed by atoms with Gasteiger partial charge in [0.25, 0.3) is 0 Å². The Balaban J connectivity index is 2.38. The van der Waals surface area contributed by atoms with E-state index in [1.165, 1.54) is 0 Å². The highest BCUT2D eigenvalue weighted by atomic mass is 79.9. The topological polar surface area (TPSA) is 26.3 Å². The van der Waals surface area contributed by atoms with Gasteiger partial charge in [-0.25, -0.2) is 0 Å². The van der Waals surface area contributed by atoms with Crippen molar-refractivity contribution in [2.24, 2.45) is 0 Å². The molecule has 98 valence electrons. The molecule has 0 fully saturated rings. The van der Waals surface area contributed by atoms with Gasteiger partial charge in [-0.2, -0.15) is 0 Å². The average molecular weight is 340 g/mol. The Hall–Kier alpha value is -1.32. The third-order valence-corrected chi connectivity index (χ3v) is 3.87. The van der Waals surface area contributed by atoms with E-state index in [4.69, 9.17) is 16.3 Å². The zero-order chi connectivity index (χ0) is 14.0. The molecule has 2 rings (SSSR count). The van der Waals surface area contributed by atoms with Crippen molar-refractivity contribution in [2.45, 2.75) is 6.92 Å². The first kappa shape index (κ1) is 14.1. The average Bonchev–Trinajstić information content (AvgIpc) is 2.41. The smallest absolute Gasteiger partial charge is 0.193 e. The molecule has 4 heteroatoms. The summed E-state index contributed by atoms with van der Waals surface area (Å²) < 4.78 is 5.89. The summed E-state index contributed by atoms with van der Waals surface area (Å²) in [6.45, 7) is 1.90. The van der Waals surface area contributed by atoms with E-state index >= 15 is 0 Å². The summed E-state index contributed by atoms with van der Waals surface area (Å²) in [6.07, 6.45) is 0. The van der Waals surface area contributed by atoms with Crippen LogP contribution < -0.4 is 4.74 Å². The van der Waals surface area contributed by atoms with Crippen molar-refractivity contribution >= 4 is 33.3 Å². The summed E-state index contributed by atoms with van der Waals surface area (Å²) in [5.41, 5.74) is 2.12. The van der Waals surface area contributed by atoms with E-state index in [0.29, 0.717) is 21.9 Å². The highest BCUT2D eigenvalue weighted by Crippen LogP contribution is 2.27. The molecule has 2 nitrogen and oxygen atoms in total. The van der Waals surface area contributed by atoms with Gasteiger partial charge in [0.05, 0.1) is 11.6 Å². The van der Waals surface area contributed by atoms with Gasteiger partial charge in [0.2, 0.25) is 0 Å². The van der Waals surface area contributed by atoms with Crippen LogP contribution in [-0.4, -0.2) is 12.9 Å². The molecule has 0 aromatic heterocycles. The van der Waals surface area contributed by atoms with Gasteiger partial charge in [-0.05, 0) is 52.7 Å². The van der Waals surface area contributed by atoms with Gasteiger partial charge in [0, 0.05) is 16.1 Å². The van der Waals surface area contributed by atoms with E-state index in [9.17, 15) is 4.79 Å². The molecule has 0 radical (unpaired) electrons. The molecule has 0 aliphatic rings. The number of benzene rings is 2. The fourth-order valence-corrected chi connectivity index (χ4v) is 2.43. The first-order chi connectivity index (χ1) is 9.02. The predicted octanol–water partition coefficient (Wildman–Crippen LogP) is 4.65. The number of carbonyl (C=O) groups excluding carboxylic acids is 1. The molecule has 0 N–H and O–H groups in total. The molecule has 0 spiro atoms. The van der Waals surface area contributed by atoms with E-state index in [2.05, 4.69) is 15.9 Å². The molecule has 2 aromatic carbocycles. The lowest BCUT2D eigenvalue weighted by atomic mass is 10.0. The highest BCUT2D eigenvalue weighted by molar-refractivity contribution is 9.10. The number of ketones is 1. The van der Waals surface area contributed by atoms with E-state index in [-0.39, 0.29) is 5.78 Å². The van der Waals surface area contributed by atoms with Crippen LogP contribution in [0.25, 0.3) is 0 Å². The fraction of sp³-hybridized carbons (Fsp3) is 0.133. The van der Waals surface area contributed by atoms with Crippen LogP contribution >= 0.6 is 27.5 Å². The molecule has 2 aromatic rings. The first-order valence-corrected chi connectivity index (χ1v) is 6.84. The molecule has 0 atom stereocenters. The molecule has 0 heterocycles. The van der Waals surface area contributed by atoms with Crippen LogP contribution in [0.5, 0.6) is 5.75 Å². The number of rotatable bonds is 3. The molecule has 0 unspecified atom stereocenters. The number of aryl methyl sites for hydroxylation is 1. The first-order valence-electron chi connectivity index (χ1n) is 5.67. The Morgan fingerprint density at radius 3 is 2.37 bits per heavy atom. The van der Waals surface area contributed by atoms with Gasteiger partial charge in [-0.15, -0.1) is 0 Å². The van der Waals surface area contributed by atoms with Crippen molar-refractivity contribution in [1.82, 2.24) is 0 Å². The number of methoxy groups -OCH3 is 1. The minimum absolute atomic E-state index is 0.0646. The molecular formula is C15H12BrClO2.